The third kappa shape index (κ3) is 3.24. The summed E-state index contributed by atoms with van der Waals surface area (Å²) in [5.41, 5.74) is 1.47. The minimum Gasteiger partial charge on any atom is -0.481 e. The second-order valence-electron chi connectivity index (χ2n) is 5.56. The molecule has 1 fully saturated rings. The van der Waals surface area contributed by atoms with E-state index in [2.05, 4.69) is 4.90 Å². The summed E-state index contributed by atoms with van der Waals surface area (Å²) < 4.78 is 19.1. The molecule has 0 radical (unpaired) electrons. The van der Waals surface area contributed by atoms with E-state index in [9.17, 15) is 14.3 Å². The Balaban J connectivity index is 2.23. The smallest absolute Gasteiger partial charge is 0.310 e. The normalized spacial score (nSPS) is 23.5. The Kier molecular flexibility index (Phi) is 4.96. The first-order valence-corrected chi connectivity index (χ1v) is 7.28. The lowest BCUT2D eigenvalue weighted by Gasteiger charge is -2.35. The van der Waals surface area contributed by atoms with Crippen LogP contribution in [0.1, 0.15) is 31.0 Å². The van der Waals surface area contributed by atoms with E-state index in [-0.39, 0.29) is 24.5 Å². The van der Waals surface area contributed by atoms with Gasteiger partial charge in [0.1, 0.15) is 5.82 Å². The van der Waals surface area contributed by atoms with Gasteiger partial charge >= 0.3 is 5.97 Å². The summed E-state index contributed by atoms with van der Waals surface area (Å²) in [7, 11) is 0. The maximum atomic E-state index is 13.8. The molecule has 1 saturated heterocycles. The van der Waals surface area contributed by atoms with E-state index >= 15 is 0 Å². The molecule has 2 rings (SSSR count). The zero-order chi connectivity index (χ0) is 15.6. The molecule has 1 N–H and O–H groups in total. The van der Waals surface area contributed by atoms with Crippen molar-refractivity contribution in [3.63, 3.8) is 0 Å². The second kappa shape index (κ2) is 6.54. The molecule has 0 aromatic heterocycles. The Bertz CT molecular complexity index is 520. The van der Waals surface area contributed by atoms with Gasteiger partial charge in [-0.15, -0.1) is 0 Å². The molecule has 0 amide bonds. The van der Waals surface area contributed by atoms with Crippen LogP contribution in [0.3, 0.4) is 0 Å². The van der Waals surface area contributed by atoms with Crippen molar-refractivity contribution in [2.24, 2.45) is 5.92 Å². The van der Waals surface area contributed by atoms with Crippen LogP contribution in [0.2, 0.25) is 0 Å². The first kappa shape index (κ1) is 15.9. The summed E-state index contributed by atoms with van der Waals surface area (Å²) >= 11 is 0. The number of halogens is 1. The lowest BCUT2D eigenvalue weighted by Crippen LogP contribution is -2.44. The Morgan fingerprint density at radius 1 is 1.52 bits per heavy atom. The van der Waals surface area contributed by atoms with Crippen LogP contribution in [-0.4, -0.2) is 41.8 Å². The zero-order valence-electron chi connectivity index (χ0n) is 12.7. The highest BCUT2D eigenvalue weighted by atomic mass is 19.1. The summed E-state index contributed by atoms with van der Waals surface area (Å²) in [5, 5.41) is 9.29. The van der Waals surface area contributed by atoms with Gasteiger partial charge in [0.2, 0.25) is 0 Å². The third-order valence-corrected chi connectivity index (χ3v) is 4.33. The van der Waals surface area contributed by atoms with Crippen LogP contribution in [0.25, 0.3) is 0 Å². The van der Waals surface area contributed by atoms with E-state index < -0.39 is 11.9 Å². The third-order valence-electron chi connectivity index (χ3n) is 4.33. The Morgan fingerprint density at radius 3 is 2.81 bits per heavy atom. The molecule has 0 spiro atoms. The number of aliphatic carboxylic acids is 1. The van der Waals surface area contributed by atoms with Gasteiger partial charge in [0, 0.05) is 12.1 Å². The molecule has 5 heteroatoms. The summed E-state index contributed by atoms with van der Waals surface area (Å²) in [5.74, 6) is -1.59. The van der Waals surface area contributed by atoms with E-state index in [4.69, 9.17) is 4.74 Å². The van der Waals surface area contributed by atoms with Crippen LogP contribution >= 0.6 is 0 Å². The maximum absolute atomic E-state index is 13.8. The lowest BCUT2D eigenvalue weighted by molar-refractivity contribution is -0.143. The fourth-order valence-electron chi connectivity index (χ4n) is 2.96. The van der Waals surface area contributed by atoms with Gasteiger partial charge in [0.05, 0.1) is 19.1 Å². The highest BCUT2D eigenvalue weighted by Crippen LogP contribution is 2.29. The minimum absolute atomic E-state index is 0.0568. The van der Waals surface area contributed by atoms with Crippen LogP contribution in [-0.2, 0) is 9.53 Å². The molecule has 21 heavy (non-hydrogen) atoms. The second-order valence-corrected chi connectivity index (χ2v) is 5.56. The predicted octanol–water partition coefficient (Wildman–Crippen LogP) is 2.62. The fourth-order valence-corrected chi connectivity index (χ4v) is 2.96. The number of hydrogen-bond acceptors (Lipinski definition) is 3. The molecule has 116 valence electrons. The van der Waals surface area contributed by atoms with Crippen LogP contribution < -0.4 is 0 Å². The molecule has 3 atom stereocenters. The van der Waals surface area contributed by atoms with Gasteiger partial charge in [-0.1, -0.05) is 19.1 Å². The molecule has 0 bridgehead atoms. The van der Waals surface area contributed by atoms with Gasteiger partial charge in [0.15, 0.2) is 0 Å². The summed E-state index contributed by atoms with van der Waals surface area (Å²) in [6.07, 6.45) is 0. The highest BCUT2D eigenvalue weighted by Gasteiger charge is 2.39. The van der Waals surface area contributed by atoms with Crippen molar-refractivity contribution >= 4 is 5.97 Å². The highest BCUT2D eigenvalue weighted by molar-refractivity contribution is 5.71. The van der Waals surface area contributed by atoms with Gasteiger partial charge in [-0.2, -0.15) is 0 Å². The zero-order valence-corrected chi connectivity index (χ0v) is 12.7. The van der Waals surface area contributed by atoms with Crippen LogP contribution in [0.15, 0.2) is 18.2 Å². The molecule has 0 saturated carbocycles. The number of nitrogens with zero attached hydrogens (tertiary/aromatic N) is 1. The van der Waals surface area contributed by atoms with E-state index in [1.807, 2.05) is 19.9 Å². The lowest BCUT2D eigenvalue weighted by atomic mass is 9.97. The molecule has 4 nitrogen and oxygen atoms in total. The van der Waals surface area contributed by atoms with Gasteiger partial charge in [-0.3, -0.25) is 9.69 Å². The van der Waals surface area contributed by atoms with Crippen LogP contribution in [0.5, 0.6) is 0 Å². The molecule has 3 unspecified atom stereocenters. The number of rotatable bonds is 5. The fraction of sp³-hybridized carbons (Fsp3) is 0.562. The number of ether oxygens (including phenoxy) is 1. The number of carboxylic acids is 1. The minimum atomic E-state index is -0.835. The van der Waals surface area contributed by atoms with Crippen LogP contribution in [0, 0.1) is 18.7 Å². The van der Waals surface area contributed by atoms with Gasteiger partial charge < -0.3 is 9.84 Å². The number of aryl methyl sites for hydroxylation is 1. The first-order valence-electron chi connectivity index (χ1n) is 7.28. The maximum Gasteiger partial charge on any atom is 0.310 e. The SMILES string of the molecule is CCN(C(C)c1ccc(C)c(F)c1)C1COCC1C(=O)O. The van der Waals surface area contributed by atoms with E-state index in [1.165, 1.54) is 6.07 Å². The quantitative estimate of drug-likeness (QED) is 0.907. The monoisotopic (exact) mass is 295 g/mol. The summed E-state index contributed by atoms with van der Waals surface area (Å²) in [4.78, 5) is 13.4. The van der Waals surface area contributed by atoms with Crippen molar-refractivity contribution in [3.8, 4) is 0 Å². The number of carbonyl (C=O) groups is 1. The standard InChI is InChI=1S/C16H22FNO3/c1-4-18(15-9-21-8-13(15)16(19)20)11(3)12-6-5-10(2)14(17)7-12/h5-7,11,13,15H,4,8-9H2,1-3H3,(H,19,20). The average molecular weight is 295 g/mol. The van der Waals surface area contributed by atoms with Crippen molar-refractivity contribution in [1.82, 2.24) is 4.90 Å². The summed E-state index contributed by atoms with van der Waals surface area (Å²) in [6, 6.07) is 4.96. The van der Waals surface area contributed by atoms with Crippen molar-refractivity contribution in [1.29, 1.82) is 0 Å². The molecule has 1 aliphatic rings. The predicted molar refractivity (Wildman–Crippen MR) is 77.7 cm³/mol. The molecular formula is C16H22FNO3. The molecule has 1 aliphatic heterocycles. The molecular weight excluding hydrogens is 273 g/mol. The molecule has 1 heterocycles. The molecule has 1 aromatic rings. The van der Waals surface area contributed by atoms with Gasteiger partial charge in [-0.25, -0.2) is 4.39 Å². The van der Waals surface area contributed by atoms with Gasteiger partial charge in [0.25, 0.3) is 0 Å². The molecule has 0 aliphatic carbocycles. The topological polar surface area (TPSA) is 49.8 Å². The van der Waals surface area contributed by atoms with E-state index in [0.717, 1.165) is 5.56 Å². The van der Waals surface area contributed by atoms with E-state index in [0.29, 0.717) is 18.7 Å². The molecule has 1 aromatic carbocycles. The number of carboxylic acid groups (broad SMARTS) is 1. The number of hydrogen-bond donors (Lipinski definition) is 1. The van der Waals surface area contributed by atoms with Crippen molar-refractivity contribution in [3.05, 3.63) is 35.1 Å². The number of benzene rings is 1. The summed E-state index contributed by atoms with van der Waals surface area (Å²) in [6.45, 7) is 7.03. The van der Waals surface area contributed by atoms with Crippen molar-refractivity contribution in [2.75, 3.05) is 19.8 Å². The van der Waals surface area contributed by atoms with Crippen molar-refractivity contribution < 1.29 is 19.0 Å². The van der Waals surface area contributed by atoms with Crippen molar-refractivity contribution in [2.45, 2.75) is 32.9 Å². The average Bonchev–Trinajstić information content (AvgIpc) is 2.92. The van der Waals surface area contributed by atoms with Crippen LogP contribution in [0.4, 0.5) is 4.39 Å². The van der Waals surface area contributed by atoms with E-state index in [1.54, 1.807) is 13.0 Å². The Hall–Kier alpha value is -1.46. The van der Waals surface area contributed by atoms with Gasteiger partial charge in [-0.05, 0) is 37.6 Å². The number of likely N-dealkylation sites (N-methyl/N-ethyl adjacent to an activating group) is 1. The first-order chi connectivity index (χ1) is 9.95. The largest absolute Gasteiger partial charge is 0.481 e. The Morgan fingerprint density at radius 2 is 2.24 bits per heavy atom. The Labute approximate surface area is 124 Å².